The molecule has 0 atom stereocenters. The van der Waals surface area contributed by atoms with Crippen LogP contribution in [0, 0.1) is 0 Å². The summed E-state index contributed by atoms with van der Waals surface area (Å²) >= 11 is 0. The standard InChI is InChI=1S/C52H43BN4/c1-4-35-31-48-50-49(32-35)57-37(6-3)34-43-47(55(40-23-15-9-16-24-40)41-25-17-10-18-26-41)30-28-45(52(43)57)53(50)44-27-29-46(42-33-36(5-2)56(48)51(42)44)54(38-19-11-7-12-20-38)39-21-13-8-14-22-39/h7-34H,4-6H2,1-3H3. The molecule has 9 aromatic rings. The molecule has 0 fully saturated rings. The lowest BCUT2D eigenvalue weighted by atomic mass is 9.34. The molecule has 57 heavy (non-hydrogen) atoms. The molecular formula is C52H43BN4. The van der Waals surface area contributed by atoms with E-state index in [-0.39, 0.29) is 6.71 Å². The van der Waals surface area contributed by atoms with Crippen molar-refractivity contribution in [1.29, 1.82) is 0 Å². The number of aromatic nitrogens is 2. The minimum atomic E-state index is 0.0806. The zero-order chi connectivity index (χ0) is 38.2. The zero-order valence-electron chi connectivity index (χ0n) is 32.7. The molecule has 0 bridgehead atoms. The summed E-state index contributed by atoms with van der Waals surface area (Å²) in [4.78, 5) is 4.86. The van der Waals surface area contributed by atoms with Crippen LogP contribution >= 0.6 is 0 Å². The molecule has 11 rings (SSSR count). The van der Waals surface area contributed by atoms with E-state index in [9.17, 15) is 0 Å². The monoisotopic (exact) mass is 734 g/mol. The van der Waals surface area contributed by atoms with Crippen molar-refractivity contribution in [1.82, 2.24) is 9.13 Å². The first-order valence-electron chi connectivity index (χ1n) is 20.5. The minimum Gasteiger partial charge on any atom is -0.314 e. The van der Waals surface area contributed by atoms with E-state index in [0.717, 1.165) is 42.0 Å². The third kappa shape index (κ3) is 4.94. The Balaban J connectivity index is 1.22. The van der Waals surface area contributed by atoms with E-state index >= 15 is 0 Å². The Labute approximate surface area is 334 Å². The van der Waals surface area contributed by atoms with Crippen molar-refractivity contribution in [3.63, 3.8) is 0 Å². The summed E-state index contributed by atoms with van der Waals surface area (Å²) in [6.45, 7) is 6.98. The van der Waals surface area contributed by atoms with E-state index in [1.165, 1.54) is 77.9 Å². The molecule has 4 nitrogen and oxygen atoms in total. The number of aryl methyl sites for hydroxylation is 3. The van der Waals surface area contributed by atoms with Crippen LogP contribution in [-0.2, 0) is 19.3 Å². The average molecular weight is 735 g/mol. The van der Waals surface area contributed by atoms with Gasteiger partial charge in [-0.2, -0.15) is 0 Å². The molecule has 0 N–H and O–H groups in total. The highest BCUT2D eigenvalue weighted by atomic mass is 15.2. The fourth-order valence-electron chi connectivity index (χ4n) is 9.88. The van der Waals surface area contributed by atoms with E-state index in [0.29, 0.717) is 0 Å². The fraction of sp³-hybridized carbons (Fsp3) is 0.115. The molecular weight excluding hydrogens is 691 g/mol. The second-order valence-electron chi connectivity index (χ2n) is 15.4. The predicted octanol–water partition coefficient (Wildman–Crippen LogP) is 11.3. The molecule has 274 valence electrons. The molecule has 2 aliphatic heterocycles. The van der Waals surface area contributed by atoms with Crippen LogP contribution in [-0.4, -0.2) is 15.8 Å². The molecule has 4 heterocycles. The second-order valence-corrected chi connectivity index (χ2v) is 15.4. The normalized spacial score (nSPS) is 12.3. The summed E-state index contributed by atoms with van der Waals surface area (Å²) < 4.78 is 5.24. The summed E-state index contributed by atoms with van der Waals surface area (Å²) in [5.74, 6) is 0. The lowest BCUT2D eigenvalue weighted by molar-refractivity contribution is 0.938. The topological polar surface area (TPSA) is 16.3 Å². The van der Waals surface area contributed by atoms with Crippen molar-refractivity contribution < 1.29 is 0 Å². The van der Waals surface area contributed by atoms with Gasteiger partial charge in [0.1, 0.15) is 0 Å². The van der Waals surface area contributed by atoms with Crippen LogP contribution in [0.4, 0.5) is 34.1 Å². The van der Waals surface area contributed by atoms with Gasteiger partial charge in [-0.25, -0.2) is 0 Å². The maximum absolute atomic E-state index is 2.62. The second kappa shape index (κ2) is 13.2. The molecule has 2 aromatic heterocycles. The molecule has 0 aliphatic carbocycles. The Hall–Kier alpha value is -6.72. The largest absolute Gasteiger partial charge is 0.314 e. The van der Waals surface area contributed by atoms with E-state index in [1.54, 1.807) is 0 Å². The molecule has 5 heteroatoms. The fourth-order valence-corrected chi connectivity index (χ4v) is 9.88. The van der Waals surface area contributed by atoms with Crippen molar-refractivity contribution >= 4 is 79.0 Å². The molecule has 0 unspecified atom stereocenters. The third-order valence-electron chi connectivity index (χ3n) is 12.4. The number of hydrogen-bond acceptors (Lipinski definition) is 2. The SMILES string of the molecule is CCc1cc2c3c(c1)-n1c(CC)cc4c(N(c5ccccc5)c5ccccc5)ccc(c41)B3c1ccc(N(c3ccccc3)c3ccccc3)c3cc(CC)n-2c13. The number of benzene rings is 7. The number of rotatable bonds is 9. The van der Waals surface area contributed by atoms with Crippen molar-refractivity contribution in [3.8, 4) is 11.4 Å². The Bertz CT molecular complexity index is 2690. The number of anilines is 6. The summed E-state index contributed by atoms with van der Waals surface area (Å²) in [7, 11) is 0. The first-order valence-corrected chi connectivity index (χ1v) is 20.5. The van der Waals surface area contributed by atoms with Crippen molar-refractivity contribution in [3.05, 3.63) is 187 Å². The predicted molar refractivity (Wildman–Crippen MR) is 242 cm³/mol. The number of hydrogen-bond donors (Lipinski definition) is 0. The Kier molecular flexibility index (Phi) is 7.79. The molecule has 0 radical (unpaired) electrons. The van der Waals surface area contributed by atoms with E-state index in [1.807, 2.05) is 0 Å². The Morgan fingerprint density at radius 3 is 1.12 bits per heavy atom. The lowest BCUT2D eigenvalue weighted by Crippen LogP contribution is -2.59. The van der Waals surface area contributed by atoms with Gasteiger partial charge in [-0.15, -0.1) is 0 Å². The van der Waals surface area contributed by atoms with Gasteiger partial charge in [0.05, 0.1) is 22.4 Å². The molecule has 0 saturated carbocycles. The minimum absolute atomic E-state index is 0.0806. The van der Waals surface area contributed by atoms with E-state index < -0.39 is 0 Å². The molecule has 0 saturated heterocycles. The van der Waals surface area contributed by atoms with Gasteiger partial charge in [0, 0.05) is 56.3 Å². The maximum Gasteiger partial charge on any atom is 0.252 e. The van der Waals surface area contributed by atoms with E-state index in [2.05, 4.69) is 210 Å². The summed E-state index contributed by atoms with van der Waals surface area (Å²) in [5.41, 5.74) is 20.5. The van der Waals surface area contributed by atoms with Crippen LogP contribution in [0.15, 0.2) is 170 Å². The quantitative estimate of drug-likeness (QED) is 0.137. The van der Waals surface area contributed by atoms with Crippen LogP contribution in [0.1, 0.15) is 37.7 Å². The van der Waals surface area contributed by atoms with Crippen LogP contribution in [0.25, 0.3) is 33.2 Å². The first kappa shape index (κ1) is 33.6. The van der Waals surface area contributed by atoms with Gasteiger partial charge in [0.15, 0.2) is 0 Å². The highest BCUT2D eigenvalue weighted by Gasteiger charge is 2.42. The summed E-state index contributed by atoms with van der Waals surface area (Å²) in [6, 6.07) is 62.9. The Morgan fingerprint density at radius 1 is 0.421 bits per heavy atom. The van der Waals surface area contributed by atoms with E-state index in [4.69, 9.17) is 0 Å². The van der Waals surface area contributed by atoms with Crippen molar-refractivity contribution in [2.75, 3.05) is 9.80 Å². The van der Waals surface area contributed by atoms with Gasteiger partial charge in [-0.3, -0.25) is 0 Å². The molecule has 2 aliphatic rings. The highest BCUT2D eigenvalue weighted by Crippen LogP contribution is 2.44. The van der Waals surface area contributed by atoms with Gasteiger partial charge in [-0.1, -0.05) is 106 Å². The van der Waals surface area contributed by atoms with Gasteiger partial charge in [0.25, 0.3) is 6.71 Å². The summed E-state index contributed by atoms with van der Waals surface area (Å²) in [5, 5.41) is 2.57. The number of para-hydroxylation sites is 4. The van der Waals surface area contributed by atoms with Gasteiger partial charge in [0.2, 0.25) is 0 Å². The highest BCUT2D eigenvalue weighted by molar-refractivity contribution is 7.00. The number of nitrogens with zero attached hydrogens (tertiary/aromatic N) is 4. The summed E-state index contributed by atoms with van der Waals surface area (Å²) in [6.07, 6.45) is 2.83. The average Bonchev–Trinajstić information content (AvgIpc) is 3.87. The van der Waals surface area contributed by atoms with Gasteiger partial charge >= 0.3 is 0 Å². The van der Waals surface area contributed by atoms with Crippen LogP contribution in [0.3, 0.4) is 0 Å². The third-order valence-corrected chi connectivity index (χ3v) is 12.4. The van der Waals surface area contributed by atoms with Gasteiger partial charge in [-0.05, 0) is 126 Å². The molecule has 0 amide bonds. The molecule has 0 spiro atoms. The van der Waals surface area contributed by atoms with Crippen LogP contribution in [0.5, 0.6) is 0 Å². The smallest absolute Gasteiger partial charge is 0.252 e. The van der Waals surface area contributed by atoms with Crippen LogP contribution in [0.2, 0.25) is 0 Å². The van der Waals surface area contributed by atoms with Crippen LogP contribution < -0.4 is 26.2 Å². The van der Waals surface area contributed by atoms with Crippen molar-refractivity contribution in [2.45, 2.75) is 40.0 Å². The first-order chi connectivity index (χ1) is 28.2. The number of fused-ring (bicyclic) bond motifs is 4. The van der Waals surface area contributed by atoms with Crippen molar-refractivity contribution in [2.24, 2.45) is 0 Å². The molecule has 7 aromatic carbocycles. The van der Waals surface area contributed by atoms with Gasteiger partial charge < -0.3 is 18.9 Å². The lowest BCUT2D eigenvalue weighted by Gasteiger charge is -2.36. The zero-order valence-corrected chi connectivity index (χ0v) is 32.7. The maximum atomic E-state index is 2.62. The Morgan fingerprint density at radius 2 is 0.789 bits per heavy atom.